The van der Waals surface area contributed by atoms with Gasteiger partial charge in [-0.3, -0.25) is 0 Å². The van der Waals surface area contributed by atoms with Crippen molar-refractivity contribution in [2.45, 2.75) is 31.3 Å². The molecular formula is C13H19NO6S. The van der Waals surface area contributed by atoms with Crippen molar-refractivity contribution < 1.29 is 28.5 Å². The summed E-state index contributed by atoms with van der Waals surface area (Å²) in [4.78, 5) is 10.9. The van der Waals surface area contributed by atoms with E-state index < -0.39 is 28.2 Å². The summed E-state index contributed by atoms with van der Waals surface area (Å²) in [5, 5.41) is 27.6. The Labute approximate surface area is 123 Å². The summed E-state index contributed by atoms with van der Waals surface area (Å²) in [6.07, 6.45) is 0. The van der Waals surface area contributed by atoms with Crippen LogP contribution in [0.4, 0.5) is 0 Å². The van der Waals surface area contributed by atoms with Crippen LogP contribution < -0.4 is 4.72 Å². The molecule has 0 spiro atoms. The minimum absolute atomic E-state index is 0.102. The molecule has 0 amide bonds. The highest BCUT2D eigenvalue weighted by Gasteiger charge is 2.25. The van der Waals surface area contributed by atoms with E-state index >= 15 is 0 Å². The van der Waals surface area contributed by atoms with Crippen molar-refractivity contribution in [2.75, 3.05) is 13.2 Å². The normalized spacial score (nSPS) is 14.7. The number of carboxylic acid groups (broad SMARTS) is 1. The van der Waals surface area contributed by atoms with Crippen molar-refractivity contribution in [1.82, 2.24) is 4.72 Å². The number of carboxylic acids is 1. The number of sulfonamides is 1. The Morgan fingerprint density at radius 3 is 2.33 bits per heavy atom. The zero-order valence-corrected chi connectivity index (χ0v) is 12.9. The average Bonchev–Trinajstić information content (AvgIpc) is 2.36. The average molecular weight is 317 g/mol. The van der Waals surface area contributed by atoms with Gasteiger partial charge < -0.3 is 15.3 Å². The van der Waals surface area contributed by atoms with Crippen molar-refractivity contribution in [3.8, 4) is 0 Å². The van der Waals surface area contributed by atoms with Crippen LogP contribution >= 0.6 is 0 Å². The number of benzene rings is 1. The van der Waals surface area contributed by atoms with E-state index in [0.717, 1.165) is 6.07 Å². The highest BCUT2D eigenvalue weighted by Crippen LogP contribution is 2.21. The second kappa shape index (κ2) is 6.10. The van der Waals surface area contributed by atoms with Gasteiger partial charge in [0.15, 0.2) is 0 Å². The molecule has 1 aromatic carbocycles. The van der Waals surface area contributed by atoms with Gasteiger partial charge in [-0.2, -0.15) is 0 Å². The molecule has 0 bridgehead atoms. The number of aliphatic hydroxyl groups is 2. The van der Waals surface area contributed by atoms with Crippen LogP contribution in [-0.2, 0) is 10.0 Å². The summed E-state index contributed by atoms with van der Waals surface area (Å²) in [6.45, 7) is 3.42. The SMILES string of the molecule is Cc1cc(C)c(S(=O)(=O)NCC(C)(O)CO)cc1C(=O)O. The summed E-state index contributed by atoms with van der Waals surface area (Å²) in [6, 6.07) is 2.56. The van der Waals surface area contributed by atoms with Gasteiger partial charge in [-0.25, -0.2) is 17.9 Å². The Hall–Kier alpha value is -1.48. The number of aliphatic hydroxyl groups excluding tert-OH is 1. The Balaban J connectivity index is 3.20. The van der Waals surface area contributed by atoms with Crippen LogP contribution in [0.25, 0.3) is 0 Å². The molecular weight excluding hydrogens is 298 g/mol. The van der Waals surface area contributed by atoms with Gasteiger partial charge in [-0.15, -0.1) is 0 Å². The maximum Gasteiger partial charge on any atom is 0.335 e. The summed E-state index contributed by atoms with van der Waals surface area (Å²) >= 11 is 0. The van der Waals surface area contributed by atoms with E-state index in [9.17, 15) is 18.3 Å². The fourth-order valence-corrected chi connectivity index (χ4v) is 3.15. The molecule has 0 aliphatic heterocycles. The van der Waals surface area contributed by atoms with Crippen LogP contribution in [0.3, 0.4) is 0 Å². The summed E-state index contributed by atoms with van der Waals surface area (Å²) < 4.78 is 26.6. The molecule has 0 radical (unpaired) electrons. The molecule has 0 aromatic heterocycles. The summed E-state index contributed by atoms with van der Waals surface area (Å²) in [5.41, 5.74) is -0.841. The molecule has 4 N–H and O–H groups in total. The number of hydrogen-bond acceptors (Lipinski definition) is 5. The van der Waals surface area contributed by atoms with Crippen LogP contribution in [0.5, 0.6) is 0 Å². The third kappa shape index (κ3) is 4.24. The molecule has 118 valence electrons. The van der Waals surface area contributed by atoms with Crippen molar-refractivity contribution in [1.29, 1.82) is 0 Å². The lowest BCUT2D eigenvalue weighted by atomic mass is 10.1. The monoisotopic (exact) mass is 317 g/mol. The molecule has 7 nitrogen and oxygen atoms in total. The van der Waals surface area contributed by atoms with Crippen molar-refractivity contribution in [2.24, 2.45) is 0 Å². The number of carbonyl (C=O) groups is 1. The van der Waals surface area contributed by atoms with Gasteiger partial charge in [-0.05, 0) is 38.0 Å². The molecule has 0 saturated heterocycles. The molecule has 0 saturated carbocycles. The largest absolute Gasteiger partial charge is 0.478 e. The molecule has 8 heteroatoms. The van der Waals surface area contributed by atoms with Gasteiger partial charge in [0.05, 0.1) is 22.7 Å². The van der Waals surface area contributed by atoms with E-state index in [1.807, 2.05) is 0 Å². The van der Waals surface area contributed by atoms with E-state index in [1.54, 1.807) is 13.8 Å². The van der Waals surface area contributed by atoms with Crippen molar-refractivity contribution >= 4 is 16.0 Å². The van der Waals surface area contributed by atoms with E-state index in [0.29, 0.717) is 11.1 Å². The lowest BCUT2D eigenvalue weighted by molar-refractivity contribution is 0.00680. The number of aryl methyl sites for hydroxylation is 2. The predicted octanol–water partition coefficient (Wildman–Crippen LogP) is 0.0232. The molecule has 1 atom stereocenters. The highest BCUT2D eigenvalue weighted by atomic mass is 32.2. The van der Waals surface area contributed by atoms with E-state index in [-0.39, 0.29) is 17.0 Å². The van der Waals surface area contributed by atoms with Crippen LogP contribution in [-0.4, -0.2) is 48.5 Å². The fourth-order valence-electron chi connectivity index (χ4n) is 1.74. The van der Waals surface area contributed by atoms with Crippen LogP contribution in [0.1, 0.15) is 28.4 Å². The summed E-state index contributed by atoms with van der Waals surface area (Å²) in [5.74, 6) is -1.22. The number of rotatable bonds is 6. The lowest BCUT2D eigenvalue weighted by Crippen LogP contribution is -2.43. The van der Waals surface area contributed by atoms with Crippen molar-refractivity contribution in [3.05, 3.63) is 28.8 Å². The quantitative estimate of drug-likeness (QED) is 0.586. The minimum atomic E-state index is -3.99. The van der Waals surface area contributed by atoms with E-state index in [2.05, 4.69) is 4.72 Å². The van der Waals surface area contributed by atoms with Crippen LogP contribution in [0.2, 0.25) is 0 Å². The van der Waals surface area contributed by atoms with Gasteiger partial charge in [0.2, 0.25) is 10.0 Å². The smallest absolute Gasteiger partial charge is 0.335 e. The number of nitrogens with one attached hydrogen (secondary N) is 1. The molecule has 0 aliphatic carbocycles. The second-order valence-electron chi connectivity index (χ2n) is 5.22. The van der Waals surface area contributed by atoms with E-state index in [1.165, 1.54) is 13.0 Å². The Kier molecular flexibility index (Phi) is 5.11. The maximum atomic E-state index is 12.2. The molecule has 1 aromatic rings. The molecule has 1 rings (SSSR count). The van der Waals surface area contributed by atoms with Gasteiger partial charge in [0, 0.05) is 6.54 Å². The Bertz CT molecular complexity index is 651. The zero-order valence-electron chi connectivity index (χ0n) is 12.0. The lowest BCUT2D eigenvalue weighted by Gasteiger charge is -2.21. The molecule has 0 aliphatic rings. The maximum absolute atomic E-state index is 12.2. The Morgan fingerprint density at radius 1 is 1.29 bits per heavy atom. The van der Waals surface area contributed by atoms with Gasteiger partial charge in [0.1, 0.15) is 0 Å². The first-order valence-electron chi connectivity index (χ1n) is 6.17. The molecule has 1 unspecified atom stereocenters. The minimum Gasteiger partial charge on any atom is -0.478 e. The molecule has 0 heterocycles. The Morgan fingerprint density at radius 2 is 1.86 bits per heavy atom. The van der Waals surface area contributed by atoms with Gasteiger partial charge >= 0.3 is 5.97 Å². The summed E-state index contributed by atoms with van der Waals surface area (Å²) in [7, 11) is -3.99. The number of hydrogen-bond donors (Lipinski definition) is 4. The fraction of sp³-hybridized carbons (Fsp3) is 0.462. The second-order valence-corrected chi connectivity index (χ2v) is 6.95. The standard InChI is InChI=1S/C13H19NO6S/c1-8-4-9(2)11(5-10(8)12(16)17)21(19,20)14-6-13(3,18)7-15/h4-5,14-15,18H,6-7H2,1-3H3,(H,16,17). The van der Waals surface area contributed by atoms with Gasteiger partial charge in [-0.1, -0.05) is 6.07 Å². The first-order chi connectivity index (χ1) is 9.50. The zero-order chi connectivity index (χ0) is 16.4. The van der Waals surface area contributed by atoms with Gasteiger partial charge in [0.25, 0.3) is 0 Å². The predicted molar refractivity (Wildman–Crippen MR) is 75.8 cm³/mol. The van der Waals surface area contributed by atoms with E-state index in [4.69, 9.17) is 10.2 Å². The molecule has 0 fully saturated rings. The van der Waals surface area contributed by atoms with Crippen LogP contribution in [0.15, 0.2) is 17.0 Å². The first-order valence-corrected chi connectivity index (χ1v) is 7.66. The number of aromatic carboxylic acids is 1. The topological polar surface area (TPSA) is 124 Å². The third-order valence-corrected chi connectivity index (χ3v) is 4.57. The first kappa shape index (κ1) is 17.6. The third-order valence-electron chi connectivity index (χ3n) is 3.03. The highest BCUT2D eigenvalue weighted by molar-refractivity contribution is 7.89. The molecule has 21 heavy (non-hydrogen) atoms. The van der Waals surface area contributed by atoms with Crippen molar-refractivity contribution in [3.63, 3.8) is 0 Å². The van der Waals surface area contributed by atoms with Crippen LogP contribution in [0, 0.1) is 13.8 Å².